The van der Waals surface area contributed by atoms with Crippen LogP contribution in [-0.2, 0) is 6.54 Å². The summed E-state index contributed by atoms with van der Waals surface area (Å²) in [6.07, 6.45) is 6.84. The summed E-state index contributed by atoms with van der Waals surface area (Å²) in [6.45, 7) is 1.84. The van der Waals surface area contributed by atoms with Gasteiger partial charge in [0.15, 0.2) is 0 Å². The zero-order valence-corrected chi connectivity index (χ0v) is 14.6. The van der Waals surface area contributed by atoms with Crippen molar-refractivity contribution in [3.05, 3.63) is 65.3 Å². The van der Waals surface area contributed by atoms with Crippen molar-refractivity contribution < 1.29 is 4.42 Å². The first-order chi connectivity index (χ1) is 12.3. The van der Waals surface area contributed by atoms with Crippen LogP contribution in [0.5, 0.6) is 0 Å². The first-order valence-electron chi connectivity index (χ1n) is 8.52. The van der Waals surface area contributed by atoms with Crippen molar-refractivity contribution in [2.45, 2.75) is 31.8 Å². The maximum absolute atomic E-state index is 6.12. The molecule has 0 N–H and O–H groups in total. The van der Waals surface area contributed by atoms with Crippen molar-refractivity contribution in [2.24, 2.45) is 0 Å². The zero-order valence-electron chi connectivity index (χ0n) is 13.8. The topological polar surface area (TPSA) is 55.1 Å². The largest absolute Gasteiger partial charge is 0.419 e. The number of hydrogen-bond donors (Lipinski definition) is 0. The molecule has 0 bridgehead atoms. The molecule has 128 valence electrons. The van der Waals surface area contributed by atoms with Crippen LogP contribution in [0, 0.1) is 0 Å². The minimum Gasteiger partial charge on any atom is -0.419 e. The highest BCUT2D eigenvalue weighted by molar-refractivity contribution is 6.30. The van der Waals surface area contributed by atoms with Crippen LogP contribution in [0.4, 0.5) is 0 Å². The highest BCUT2D eigenvalue weighted by atomic mass is 35.5. The molecule has 1 saturated heterocycles. The fraction of sp³-hybridized carbons (Fsp3) is 0.316. The molecule has 0 amide bonds. The van der Waals surface area contributed by atoms with Gasteiger partial charge in [0.1, 0.15) is 0 Å². The monoisotopic (exact) mass is 354 g/mol. The van der Waals surface area contributed by atoms with Gasteiger partial charge in [0, 0.05) is 24.0 Å². The fourth-order valence-corrected chi connectivity index (χ4v) is 3.52. The molecule has 0 radical (unpaired) electrons. The normalized spacial score (nSPS) is 18.4. The number of pyridine rings is 1. The van der Waals surface area contributed by atoms with E-state index < -0.39 is 0 Å². The molecule has 0 spiro atoms. The van der Waals surface area contributed by atoms with Crippen LogP contribution in [0.15, 0.2) is 53.2 Å². The number of aromatic nitrogens is 3. The molecule has 1 aliphatic heterocycles. The van der Waals surface area contributed by atoms with Crippen LogP contribution in [-0.4, -0.2) is 26.6 Å². The number of piperidine rings is 1. The van der Waals surface area contributed by atoms with Crippen LogP contribution in [0.1, 0.15) is 36.8 Å². The van der Waals surface area contributed by atoms with E-state index in [1.807, 2.05) is 30.3 Å². The van der Waals surface area contributed by atoms with Gasteiger partial charge < -0.3 is 4.42 Å². The molecule has 1 atom stereocenters. The first-order valence-corrected chi connectivity index (χ1v) is 8.90. The number of hydrogen-bond acceptors (Lipinski definition) is 5. The first kappa shape index (κ1) is 16.2. The van der Waals surface area contributed by atoms with Gasteiger partial charge in [-0.1, -0.05) is 30.2 Å². The van der Waals surface area contributed by atoms with Gasteiger partial charge in [-0.05, 0) is 49.2 Å². The molecule has 6 heteroatoms. The number of benzene rings is 1. The summed E-state index contributed by atoms with van der Waals surface area (Å²) in [5, 5.41) is 9.29. The van der Waals surface area contributed by atoms with Gasteiger partial charge in [0.25, 0.3) is 0 Å². The zero-order chi connectivity index (χ0) is 17.1. The van der Waals surface area contributed by atoms with Crippen molar-refractivity contribution in [2.75, 3.05) is 6.54 Å². The fourth-order valence-electron chi connectivity index (χ4n) is 3.30. The lowest BCUT2D eigenvalue weighted by atomic mass is 10.0. The molecule has 1 fully saturated rings. The average Bonchev–Trinajstić information content (AvgIpc) is 3.13. The molecular formula is C19H19ClN4O. The second kappa shape index (κ2) is 7.33. The summed E-state index contributed by atoms with van der Waals surface area (Å²) < 4.78 is 5.97. The van der Waals surface area contributed by atoms with Gasteiger partial charge in [-0.25, -0.2) is 0 Å². The van der Waals surface area contributed by atoms with E-state index in [4.69, 9.17) is 16.0 Å². The van der Waals surface area contributed by atoms with Crippen LogP contribution in [0.2, 0.25) is 5.02 Å². The standard InChI is InChI=1S/C19H19ClN4O/c20-16-7-3-5-14(11-16)13-24-10-2-1-8-17(24)19-23-22-18(25-19)15-6-4-9-21-12-15/h3-7,9,11-12,17H,1-2,8,10,13H2. The Labute approximate surface area is 151 Å². The van der Waals surface area contributed by atoms with Crippen molar-refractivity contribution in [3.8, 4) is 11.5 Å². The Morgan fingerprint density at radius 2 is 2.12 bits per heavy atom. The molecule has 1 unspecified atom stereocenters. The Balaban J connectivity index is 1.56. The van der Waals surface area contributed by atoms with E-state index in [9.17, 15) is 0 Å². The maximum Gasteiger partial charge on any atom is 0.249 e. The second-order valence-electron chi connectivity index (χ2n) is 6.30. The quantitative estimate of drug-likeness (QED) is 0.689. The summed E-state index contributed by atoms with van der Waals surface area (Å²) in [4.78, 5) is 6.51. The SMILES string of the molecule is Clc1cccc(CN2CCCCC2c2nnc(-c3cccnc3)o2)c1. The van der Waals surface area contributed by atoms with E-state index in [2.05, 4.69) is 26.1 Å². The van der Waals surface area contributed by atoms with E-state index in [1.165, 1.54) is 18.4 Å². The van der Waals surface area contributed by atoms with Gasteiger partial charge in [-0.3, -0.25) is 9.88 Å². The Hall–Kier alpha value is -2.24. The summed E-state index contributed by atoms with van der Waals surface area (Å²) in [5.41, 5.74) is 2.05. The van der Waals surface area contributed by atoms with Gasteiger partial charge in [-0.15, -0.1) is 10.2 Å². The number of nitrogens with zero attached hydrogens (tertiary/aromatic N) is 4. The lowest BCUT2D eigenvalue weighted by Gasteiger charge is -2.33. The van der Waals surface area contributed by atoms with Crippen molar-refractivity contribution in [1.29, 1.82) is 0 Å². The smallest absolute Gasteiger partial charge is 0.249 e. The summed E-state index contributed by atoms with van der Waals surface area (Å²) in [6, 6.07) is 11.9. The predicted octanol–water partition coefficient (Wildman–Crippen LogP) is 4.51. The lowest BCUT2D eigenvalue weighted by Crippen LogP contribution is -2.33. The predicted molar refractivity (Wildman–Crippen MR) is 96.0 cm³/mol. The van der Waals surface area contributed by atoms with Crippen LogP contribution in [0.3, 0.4) is 0 Å². The summed E-state index contributed by atoms with van der Waals surface area (Å²) >= 11 is 6.12. The highest BCUT2D eigenvalue weighted by Crippen LogP contribution is 2.33. The van der Waals surface area contributed by atoms with E-state index in [0.29, 0.717) is 11.8 Å². The maximum atomic E-state index is 6.12. The third-order valence-electron chi connectivity index (χ3n) is 4.52. The van der Waals surface area contributed by atoms with Gasteiger partial charge >= 0.3 is 0 Å². The Morgan fingerprint density at radius 1 is 1.16 bits per heavy atom. The number of likely N-dealkylation sites (tertiary alicyclic amines) is 1. The van der Waals surface area contributed by atoms with Crippen molar-refractivity contribution in [3.63, 3.8) is 0 Å². The van der Waals surface area contributed by atoms with E-state index >= 15 is 0 Å². The number of halogens is 1. The minimum absolute atomic E-state index is 0.144. The van der Waals surface area contributed by atoms with Gasteiger partial charge in [-0.2, -0.15) is 0 Å². The molecule has 3 aromatic rings. The Bertz CT molecular complexity index is 836. The Morgan fingerprint density at radius 3 is 2.96 bits per heavy atom. The summed E-state index contributed by atoms with van der Waals surface area (Å²) in [7, 11) is 0. The van der Waals surface area contributed by atoms with E-state index in [-0.39, 0.29) is 6.04 Å². The van der Waals surface area contributed by atoms with Gasteiger partial charge in [0.2, 0.25) is 11.8 Å². The molecule has 5 nitrogen and oxygen atoms in total. The third kappa shape index (κ3) is 3.72. The summed E-state index contributed by atoms with van der Waals surface area (Å²) in [5.74, 6) is 1.21. The second-order valence-corrected chi connectivity index (χ2v) is 6.74. The van der Waals surface area contributed by atoms with Crippen molar-refractivity contribution in [1.82, 2.24) is 20.1 Å². The molecular weight excluding hydrogens is 336 g/mol. The average molecular weight is 355 g/mol. The molecule has 3 heterocycles. The van der Waals surface area contributed by atoms with E-state index in [1.54, 1.807) is 12.4 Å². The van der Waals surface area contributed by atoms with Crippen LogP contribution in [0.25, 0.3) is 11.5 Å². The lowest BCUT2D eigenvalue weighted by molar-refractivity contribution is 0.118. The van der Waals surface area contributed by atoms with Crippen molar-refractivity contribution >= 4 is 11.6 Å². The highest BCUT2D eigenvalue weighted by Gasteiger charge is 2.28. The van der Waals surface area contributed by atoms with Crippen LogP contribution >= 0.6 is 11.6 Å². The van der Waals surface area contributed by atoms with E-state index in [0.717, 1.165) is 30.1 Å². The molecule has 4 rings (SSSR count). The molecule has 0 aliphatic carbocycles. The molecule has 1 aromatic carbocycles. The third-order valence-corrected chi connectivity index (χ3v) is 4.76. The van der Waals surface area contributed by atoms with Gasteiger partial charge in [0.05, 0.1) is 11.6 Å². The molecule has 0 saturated carbocycles. The van der Waals surface area contributed by atoms with Crippen LogP contribution < -0.4 is 0 Å². The molecule has 2 aromatic heterocycles. The minimum atomic E-state index is 0.144. The molecule has 1 aliphatic rings. The Kier molecular flexibility index (Phi) is 4.76. The molecule has 25 heavy (non-hydrogen) atoms. The number of rotatable bonds is 4.